The van der Waals surface area contributed by atoms with Gasteiger partial charge >= 0.3 is 5.97 Å². The third-order valence-electron chi connectivity index (χ3n) is 4.29. The number of anilines is 1. The van der Waals surface area contributed by atoms with Crippen LogP contribution in [-0.2, 0) is 14.3 Å². The zero-order valence-corrected chi connectivity index (χ0v) is 12.3. The van der Waals surface area contributed by atoms with E-state index in [2.05, 4.69) is 5.32 Å². The highest BCUT2D eigenvalue weighted by molar-refractivity contribution is 5.96. The summed E-state index contributed by atoms with van der Waals surface area (Å²) in [4.78, 5) is 23.8. The largest absolute Gasteiger partial charge is 0.494 e. The maximum atomic E-state index is 12.4. The Kier molecular flexibility index (Phi) is 4.02. The second-order valence-corrected chi connectivity index (χ2v) is 5.63. The molecule has 2 aliphatic heterocycles. The first kappa shape index (κ1) is 14.8. The molecule has 22 heavy (non-hydrogen) atoms. The minimum atomic E-state index is -0.959. The molecule has 4 atom stereocenters. The molecule has 0 aromatic heterocycles. The molecule has 6 heteroatoms. The number of rotatable bonds is 5. The average molecular weight is 305 g/mol. The molecule has 1 amide bonds. The van der Waals surface area contributed by atoms with Crippen molar-refractivity contribution in [1.29, 1.82) is 0 Å². The Balaban J connectivity index is 1.69. The maximum Gasteiger partial charge on any atom is 0.310 e. The van der Waals surface area contributed by atoms with E-state index in [1.807, 2.05) is 6.92 Å². The number of nitrogens with one attached hydrogen (secondary N) is 1. The van der Waals surface area contributed by atoms with Crippen LogP contribution >= 0.6 is 0 Å². The van der Waals surface area contributed by atoms with Crippen LogP contribution in [0, 0.1) is 11.8 Å². The monoisotopic (exact) mass is 305 g/mol. The fraction of sp³-hybridized carbons (Fsp3) is 0.500. The van der Waals surface area contributed by atoms with Gasteiger partial charge in [-0.15, -0.1) is 0 Å². The van der Waals surface area contributed by atoms with Gasteiger partial charge in [0.05, 0.1) is 30.7 Å². The Hall–Kier alpha value is -2.08. The lowest BCUT2D eigenvalue weighted by molar-refractivity contribution is -0.147. The molecule has 0 spiro atoms. The minimum Gasteiger partial charge on any atom is -0.494 e. The summed E-state index contributed by atoms with van der Waals surface area (Å²) in [5.74, 6) is -1.89. The topological polar surface area (TPSA) is 84.9 Å². The number of aliphatic carboxylic acids is 1. The van der Waals surface area contributed by atoms with E-state index in [1.165, 1.54) is 0 Å². The fourth-order valence-corrected chi connectivity index (χ4v) is 3.35. The van der Waals surface area contributed by atoms with Crippen molar-refractivity contribution in [3.05, 3.63) is 24.3 Å². The van der Waals surface area contributed by atoms with Crippen LogP contribution < -0.4 is 10.1 Å². The van der Waals surface area contributed by atoms with E-state index in [0.717, 1.165) is 12.2 Å². The number of benzene rings is 1. The molecular formula is C16H19NO5. The highest BCUT2D eigenvalue weighted by Crippen LogP contribution is 2.44. The van der Waals surface area contributed by atoms with Crippen LogP contribution in [0.2, 0.25) is 0 Å². The van der Waals surface area contributed by atoms with E-state index >= 15 is 0 Å². The van der Waals surface area contributed by atoms with Gasteiger partial charge < -0.3 is 19.9 Å². The number of carboxylic acids is 1. The van der Waals surface area contributed by atoms with Gasteiger partial charge in [-0.05, 0) is 44.0 Å². The van der Waals surface area contributed by atoms with E-state index in [-0.39, 0.29) is 18.1 Å². The molecule has 0 saturated carbocycles. The Labute approximate surface area is 128 Å². The van der Waals surface area contributed by atoms with Gasteiger partial charge in [0.15, 0.2) is 0 Å². The van der Waals surface area contributed by atoms with Crippen LogP contribution in [0.1, 0.15) is 19.8 Å². The van der Waals surface area contributed by atoms with Gasteiger partial charge in [0.2, 0.25) is 5.91 Å². The number of carbonyl (C=O) groups excluding carboxylic acids is 1. The summed E-state index contributed by atoms with van der Waals surface area (Å²) < 4.78 is 11.0. The molecule has 0 unspecified atom stereocenters. The molecule has 2 saturated heterocycles. The molecule has 0 aliphatic carbocycles. The molecule has 1 aromatic carbocycles. The standard InChI is InChI=1S/C16H19NO5/c1-2-21-10-5-3-9(4-6-10)17-15(18)13-11-7-8-12(22-11)14(13)16(19)20/h3-6,11-14H,2,7-8H2,1H3,(H,17,18)(H,19,20)/t11-,12-,13+,14+/m1/s1. The number of carbonyl (C=O) groups is 2. The van der Waals surface area contributed by atoms with Gasteiger partial charge in [-0.2, -0.15) is 0 Å². The lowest BCUT2D eigenvalue weighted by atomic mass is 9.78. The first-order valence-electron chi connectivity index (χ1n) is 7.52. The summed E-state index contributed by atoms with van der Waals surface area (Å²) >= 11 is 0. The van der Waals surface area contributed by atoms with Crippen LogP contribution in [-0.4, -0.2) is 35.8 Å². The normalized spacial score (nSPS) is 29.3. The molecule has 1 aromatic rings. The second kappa shape index (κ2) is 5.96. The Morgan fingerprint density at radius 3 is 2.45 bits per heavy atom. The van der Waals surface area contributed by atoms with Crippen molar-refractivity contribution < 1.29 is 24.2 Å². The van der Waals surface area contributed by atoms with Crippen molar-refractivity contribution in [2.24, 2.45) is 11.8 Å². The highest BCUT2D eigenvalue weighted by atomic mass is 16.5. The average Bonchev–Trinajstić information content (AvgIpc) is 3.10. The van der Waals surface area contributed by atoms with E-state index in [4.69, 9.17) is 9.47 Å². The summed E-state index contributed by atoms with van der Waals surface area (Å²) in [6, 6.07) is 7.02. The molecule has 3 rings (SSSR count). The third-order valence-corrected chi connectivity index (χ3v) is 4.29. The number of hydrogen-bond donors (Lipinski definition) is 2. The first-order valence-corrected chi connectivity index (χ1v) is 7.52. The Bertz CT molecular complexity index is 570. The Morgan fingerprint density at radius 2 is 1.86 bits per heavy atom. The van der Waals surface area contributed by atoms with E-state index in [9.17, 15) is 14.7 Å². The summed E-state index contributed by atoms with van der Waals surface area (Å²) in [6.45, 7) is 2.48. The van der Waals surface area contributed by atoms with Crippen LogP contribution in [0.5, 0.6) is 5.75 Å². The van der Waals surface area contributed by atoms with Gasteiger partial charge in [0.25, 0.3) is 0 Å². The van der Waals surface area contributed by atoms with Gasteiger partial charge in [-0.25, -0.2) is 0 Å². The number of hydrogen-bond acceptors (Lipinski definition) is 4. The van der Waals surface area contributed by atoms with E-state index in [0.29, 0.717) is 18.7 Å². The predicted molar refractivity (Wildman–Crippen MR) is 78.8 cm³/mol. The zero-order valence-electron chi connectivity index (χ0n) is 12.3. The van der Waals surface area contributed by atoms with Crippen LogP contribution in [0.4, 0.5) is 5.69 Å². The van der Waals surface area contributed by atoms with Gasteiger partial charge in [0.1, 0.15) is 5.75 Å². The number of carboxylic acid groups (broad SMARTS) is 1. The molecule has 2 fully saturated rings. The second-order valence-electron chi connectivity index (χ2n) is 5.63. The number of fused-ring (bicyclic) bond motifs is 2. The smallest absolute Gasteiger partial charge is 0.310 e. The SMILES string of the molecule is CCOc1ccc(NC(=O)[C@@H]2[C@@H](C(=O)O)[C@H]3CC[C@H]2O3)cc1. The van der Waals surface area contributed by atoms with E-state index in [1.54, 1.807) is 24.3 Å². The summed E-state index contributed by atoms with van der Waals surface area (Å²) in [5.41, 5.74) is 0.625. The molecule has 6 nitrogen and oxygen atoms in total. The third kappa shape index (κ3) is 2.66. The molecule has 0 radical (unpaired) electrons. The number of ether oxygens (including phenoxy) is 2. The van der Waals surface area contributed by atoms with Crippen LogP contribution in [0.3, 0.4) is 0 Å². The molecule has 2 N–H and O–H groups in total. The maximum absolute atomic E-state index is 12.4. The summed E-state index contributed by atoms with van der Waals surface area (Å²) in [5, 5.41) is 12.1. The molecule has 2 heterocycles. The van der Waals surface area contributed by atoms with Crippen molar-refractivity contribution in [3.8, 4) is 5.75 Å². The summed E-state index contributed by atoms with van der Waals surface area (Å²) in [6.07, 6.45) is 0.844. The lowest BCUT2D eigenvalue weighted by Gasteiger charge is -2.23. The van der Waals surface area contributed by atoms with Crippen LogP contribution in [0.25, 0.3) is 0 Å². The van der Waals surface area contributed by atoms with Crippen LogP contribution in [0.15, 0.2) is 24.3 Å². The first-order chi connectivity index (χ1) is 10.6. The molecule has 2 aliphatic rings. The Morgan fingerprint density at radius 1 is 1.23 bits per heavy atom. The van der Waals surface area contributed by atoms with Gasteiger partial charge in [-0.3, -0.25) is 9.59 Å². The van der Waals surface area contributed by atoms with Gasteiger partial charge in [-0.1, -0.05) is 0 Å². The minimum absolute atomic E-state index is 0.284. The molecule has 118 valence electrons. The van der Waals surface area contributed by atoms with Crippen molar-refractivity contribution in [3.63, 3.8) is 0 Å². The quantitative estimate of drug-likeness (QED) is 0.868. The molecule has 2 bridgehead atoms. The highest BCUT2D eigenvalue weighted by Gasteiger charge is 2.55. The van der Waals surface area contributed by atoms with Crippen molar-refractivity contribution >= 4 is 17.6 Å². The van der Waals surface area contributed by atoms with Crippen molar-refractivity contribution in [2.45, 2.75) is 32.0 Å². The fourth-order valence-electron chi connectivity index (χ4n) is 3.35. The lowest BCUT2D eigenvalue weighted by Crippen LogP contribution is -2.40. The predicted octanol–water partition coefficient (Wildman–Crippen LogP) is 1.90. The van der Waals surface area contributed by atoms with Crippen molar-refractivity contribution in [2.75, 3.05) is 11.9 Å². The summed E-state index contributed by atoms with van der Waals surface area (Å²) in [7, 11) is 0. The zero-order chi connectivity index (χ0) is 15.7. The molecular weight excluding hydrogens is 286 g/mol. The number of amides is 1. The van der Waals surface area contributed by atoms with E-state index < -0.39 is 17.8 Å². The van der Waals surface area contributed by atoms with Gasteiger partial charge in [0, 0.05) is 5.69 Å². The van der Waals surface area contributed by atoms with Crippen molar-refractivity contribution in [1.82, 2.24) is 0 Å².